The van der Waals surface area contributed by atoms with Crippen molar-refractivity contribution in [2.75, 3.05) is 0 Å². The first kappa shape index (κ1) is 10.7. The lowest BCUT2D eigenvalue weighted by atomic mass is 10.5. The van der Waals surface area contributed by atoms with Crippen molar-refractivity contribution in [3.63, 3.8) is 0 Å². The summed E-state index contributed by atoms with van der Waals surface area (Å²) < 4.78 is 31.1. The molecule has 1 heterocycles. The Hall–Kier alpha value is -0.850. The summed E-state index contributed by atoms with van der Waals surface area (Å²) >= 11 is 0. The standard InChI is InChI=1S/C9H14N2O3S/c1-6-4-8(6)11-15(12,13)9-3-2-7(5-10)14-9/h2-3,6,8,11H,4-5,10H2,1H3. The van der Waals surface area contributed by atoms with Gasteiger partial charge in [0, 0.05) is 6.04 Å². The minimum Gasteiger partial charge on any atom is -0.447 e. The molecule has 1 aromatic heterocycles. The van der Waals surface area contributed by atoms with Crippen molar-refractivity contribution >= 4 is 10.0 Å². The number of rotatable bonds is 4. The summed E-state index contributed by atoms with van der Waals surface area (Å²) in [7, 11) is -3.49. The highest BCUT2D eigenvalue weighted by Gasteiger charge is 2.37. The highest BCUT2D eigenvalue weighted by atomic mass is 32.2. The maximum absolute atomic E-state index is 11.7. The van der Waals surface area contributed by atoms with Crippen LogP contribution in [-0.2, 0) is 16.6 Å². The third kappa shape index (κ3) is 2.22. The molecule has 2 unspecified atom stereocenters. The highest BCUT2D eigenvalue weighted by Crippen LogP contribution is 2.30. The van der Waals surface area contributed by atoms with Gasteiger partial charge in [0.1, 0.15) is 5.76 Å². The van der Waals surface area contributed by atoms with Crippen molar-refractivity contribution in [2.45, 2.75) is 31.0 Å². The van der Waals surface area contributed by atoms with Crippen LogP contribution < -0.4 is 10.5 Å². The number of sulfonamides is 1. The van der Waals surface area contributed by atoms with Gasteiger partial charge >= 0.3 is 0 Å². The fourth-order valence-electron chi connectivity index (χ4n) is 1.36. The van der Waals surface area contributed by atoms with E-state index >= 15 is 0 Å². The maximum Gasteiger partial charge on any atom is 0.274 e. The predicted octanol–water partition coefficient (Wildman–Crippen LogP) is 0.425. The fraction of sp³-hybridized carbons (Fsp3) is 0.556. The third-order valence-electron chi connectivity index (χ3n) is 2.52. The molecule has 0 aliphatic heterocycles. The van der Waals surface area contributed by atoms with Gasteiger partial charge in [-0.25, -0.2) is 13.1 Å². The molecule has 6 heteroatoms. The zero-order valence-corrected chi connectivity index (χ0v) is 9.25. The lowest BCUT2D eigenvalue weighted by Crippen LogP contribution is -2.26. The van der Waals surface area contributed by atoms with Crippen LogP contribution >= 0.6 is 0 Å². The van der Waals surface area contributed by atoms with Crippen LogP contribution in [-0.4, -0.2) is 14.5 Å². The van der Waals surface area contributed by atoms with Crippen LogP contribution in [0.4, 0.5) is 0 Å². The van der Waals surface area contributed by atoms with Gasteiger partial charge in [-0.1, -0.05) is 6.92 Å². The van der Waals surface area contributed by atoms with E-state index in [2.05, 4.69) is 4.72 Å². The van der Waals surface area contributed by atoms with E-state index in [1.807, 2.05) is 6.92 Å². The predicted molar refractivity (Wildman–Crippen MR) is 54.5 cm³/mol. The van der Waals surface area contributed by atoms with Crippen LogP contribution in [0.15, 0.2) is 21.6 Å². The molecule has 1 aliphatic carbocycles. The Morgan fingerprint density at radius 1 is 1.60 bits per heavy atom. The SMILES string of the molecule is CC1CC1NS(=O)(=O)c1ccc(CN)o1. The van der Waals surface area contributed by atoms with E-state index in [0.717, 1.165) is 6.42 Å². The molecule has 0 amide bonds. The van der Waals surface area contributed by atoms with E-state index in [1.165, 1.54) is 6.07 Å². The molecule has 2 atom stereocenters. The van der Waals surface area contributed by atoms with E-state index < -0.39 is 10.0 Å². The average Bonchev–Trinajstić information content (AvgIpc) is 2.72. The van der Waals surface area contributed by atoms with Gasteiger partial charge < -0.3 is 10.2 Å². The first-order chi connectivity index (χ1) is 7.03. The summed E-state index contributed by atoms with van der Waals surface area (Å²) in [5.41, 5.74) is 5.33. The maximum atomic E-state index is 11.7. The largest absolute Gasteiger partial charge is 0.447 e. The molecule has 0 bridgehead atoms. The smallest absolute Gasteiger partial charge is 0.274 e. The Morgan fingerprint density at radius 2 is 2.27 bits per heavy atom. The summed E-state index contributed by atoms with van der Waals surface area (Å²) in [6, 6.07) is 3.06. The van der Waals surface area contributed by atoms with E-state index in [4.69, 9.17) is 10.2 Å². The fourth-order valence-corrected chi connectivity index (χ4v) is 2.66. The Bertz CT molecular complexity index is 452. The minimum absolute atomic E-state index is 0.0537. The molecule has 1 aliphatic rings. The topological polar surface area (TPSA) is 85.3 Å². The molecule has 1 saturated carbocycles. The van der Waals surface area contributed by atoms with E-state index in [1.54, 1.807) is 6.07 Å². The normalized spacial score (nSPS) is 25.5. The molecular formula is C9H14N2O3S. The number of hydrogen-bond donors (Lipinski definition) is 2. The van der Waals surface area contributed by atoms with Gasteiger partial charge in [0.05, 0.1) is 6.54 Å². The van der Waals surface area contributed by atoms with Crippen molar-refractivity contribution in [3.8, 4) is 0 Å². The number of nitrogens with two attached hydrogens (primary N) is 1. The number of nitrogens with one attached hydrogen (secondary N) is 1. The summed E-state index contributed by atoms with van der Waals surface area (Å²) in [4.78, 5) is 0. The first-order valence-electron chi connectivity index (χ1n) is 4.84. The van der Waals surface area contributed by atoms with Crippen molar-refractivity contribution < 1.29 is 12.8 Å². The minimum atomic E-state index is -3.49. The van der Waals surface area contributed by atoms with Crippen molar-refractivity contribution in [2.24, 2.45) is 11.7 Å². The molecule has 0 radical (unpaired) electrons. The second-order valence-electron chi connectivity index (χ2n) is 3.87. The van der Waals surface area contributed by atoms with Crippen molar-refractivity contribution in [1.29, 1.82) is 0 Å². The molecule has 1 aromatic rings. The summed E-state index contributed by atoms with van der Waals surface area (Å²) in [5, 5.41) is -0.0537. The van der Waals surface area contributed by atoms with Gasteiger partial charge in [-0.3, -0.25) is 0 Å². The summed E-state index contributed by atoms with van der Waals surface area (Å²) in [6.07, 6.45) is 0.893. The summed E-state index contributed by atoms with van der Waals surface area (Å²) in [5.74, 6) is 0.892. The number of furan rings is 1. The lowest BCUT2D eigenvalue weighted by molar-refractivity contribution is 0.412. The van der Waals surface area contributed by atoms with E-state index in [0.29, 0.717) is 11.7 Å². The zero-order chi connectivity index (χ0) is 11.1. The molecule has 2 rings (SSSR count). The molecule has 0 aromatic carbocycles. The van der Waals surface area contributed by atoms with Crippen molar-refractivity contribution in [1.82, 2.24) is 4.72 Å². The third-order valence-corrected chi connectivity index (χ3v) is 3.88. The van der Waals surface area contributed by atoms with Crippen LogP contribution in [0.25, 0.3) is 0 Å². The van der Waals surface area contributed by atoms with Gasteiger partial charge in [0.25, 0.3) is 10.0 Å². The molecule has 3 N–H and O–H groups in total. The van der Waals surface area contributed by atoms with E-state index in [-0.39, 0.29) is 17.7 Å². The van der Waals surface area contributed by atoms with Gasteiger partial charge in [0.15, 0.2) is 0 Å². The van der Waals surface area contributed by atoms with Crippen LogP contribution in [0, 0.1) is 5.92 Å². The van der Waals surface area contributed by atoms with Crippen LogP contribution in [0.1, 0.15) is 19.1 Å². The van der Waals surface area contributed by atoms with Gasteiger partial charge in [-0.05, 0) is 24.5 Å². The summed E-state index contributed by atoms with van der Waals surface area (Å²) in [6.45, 7) is 2.20. The molecule has 0 spiro atoms. The van der Waals surface area contributed by atoms with Gasteiger partial charge in [-0.2, -0.15) is 0 Å². The van der Waals surface area contributed by atoms with Gasteiger partial charge in [0.2, 0.25) is 5.09 Å². The van der Waals surface area contributed by atoms with Crippen molar-refractivity contribution in [3.05, 3.63) is 17.9 Å². The van der Waals surface area contributed by atoms with Crippen LogP contribution in [0.3, 0.4) is 0 Å². The molecule has 0 saturated heterocycles. The Balaban J connectivity index is 2.14. The molecule has 1 fully saturated rings. The number of hydrogen-bond acceptors (Lipinski definition) is 4. The molecule has 15 heavy (non-hydrogen) atoms. The first-order valence-corrected chi connectivity index (χ1v) is 6.32. The monoisotopic (exact) mass is 230 g/mol. The Labute approximate surface area is 88.7 Å². The highest BCUT2D eigenvalue weighted by molar-refractivity contribution is 7.89. The van der Waals surface area contributed by atoms with Crippen LogP contribution in [0.5, 0.6) is 0 Å². The van der Waals surface area contributed by atoms with Crippen LogP contribution in [0.2, 0.25) is 0 Å². The second kappa shape index (κ2) is 3.62. The van der Waals surface area contributed by atoms with E-state index in [9.17, 15) is 8.42 Å². The lowest BCUT2D eigenvalue weighted by Gasteiger charge is -2.01. The second-order valence-corrected chi connectivity index (χ2v) is 5.51. The Morgan fingerprint density at radius 3 is 2.73 bits per heavy atom. The quantitative estimate of drug-likeness (QED) is 0.785. The Kier molecular flexibility index (Phi) is 2.57. The average molecular weight is 230 g/mol. The zero-order valence-electron chi connectivity index (χ0n) is 8.43. The van der Waals surface area contributed by atoms with Gasteiger partial charge in [-0.15, -0.1) is 0 Å². The molecule has 5 nitrogen and oxygen atoms in total. The molecule has 84 valence electrons. The molecular weight excluding hydrogens is 216 g/mol.